The lowest BCUT2D eigenvalue weighted by molar-refractivity contribution is 0.284. The number of halogens is 2. The fourth-order valence-corrected chi connectivity index (χ4v) is 4.97. The average molecular weight is 619 g/mol. The van der Waals surface area contributed by atoms with E-state index in [1.807, 2.05) is 84.9 Å². The highest BCUT2D eigenvalue weighted by Crippen LogP contribution is 2.30. The molecule has 5 aromatic rings. The van der Waals surface area contributed by atoms with Gasteiger partial charge in [-0.15, -0.1) is 0 Å². The molecule has 0 saturated heterocycles. The van der Waals surface area contributed by atoms with Crippen molar-refractivity contribution in [3.63, 3.8) is 0 Å². The molecule has 0 aliphatic carbocycles. The summed E-state index contributed by atoms with van der Waals surface area (Å²) < 4.78 is 14.9. The molecular formula is C29H21Br2N3O3. The van der Waals surface area contributed by atoms with E-state index in [2.05, 4.69) is 37.0 Å². The Kier molecular flexibility index (Phi) is 7.48. The Morgan fingerprint density at radius 3 is 2.49 bits per heavy atom. The summed E-state index contributed by atoms with van der Waals surface area (Å²) in [7, 11) is 1.59. The Morgan fingerprint density at radius 2 is 1.70 bits per heavy atom. The van der Waals surface area contributed by atoms with Gasteiger partial charge in [0, 0.05) is 20.1 Å². The highest BCUT2D eigenvalue weighted by atomic mass is 79.9. The van der Waals surface area contributed by atoms with Gasteiger partial charge >= 0.3 is 0 Å². The molecule has 6 nitrogen and oxygen atoms in total. The predicted octanol–water partition coefficient (Wildman–Crippen LogP) is 7.06. The van der Waals surface area contributed by atoms with Gasteiger partial charge in [-0.3, -0.25) is 4.79 Å². The van der Waals surface area contributed by atoms with E-state index in [9.17, 15) is 4.79 Å². The topological polar surface area (TPSA) is 65.7 Å². The first-order valence-corrected chi connectivity index (χ1v) is 13.0. The van der Waals surface area contributed by atoms with Crippen LogP contribution in [0.4, 0.5) is 0 Å². The second-order valence-electron chi connectivity index (χ2n) is 8.11. The lowest BCUT2D eigenvalue weighted by Crippen LogP contribution is -2.20. The van der Waals surface area contributed by atoms with Crippen molar-refractivity contribution in [1.82, 2.24) is 9.66 Å². The summed E-state index contributed by atoms with van der Waals surface area (Å²) in [6.07, 6.45) is 1.61. The maximum Gasteiger partial charge on any atom is 0.282 e. The van der Waals surface area contributed by atoms with E-state index in [1.54, 1.807) is 19.4 Å². The van der Waals surface area contributed by atoms with Gasteiger partial charge in [0.2, 0.25) is 0 Å². The number of para-hydroxylation sites is 1. The van der Waals surface area contributed by atoms with E-state index in [4.69, 9.17) is 14.5 Å². The fourth-order valence-electron chi connectivity index (χ4n) is 3.81. The minimum atomic E-state index is -0.243. The number of fused-ring (bicyclic) bond motifs is 1. The number of rotatable bonds is 7. The zero-order valence-electron chi connectivity index (χ0n) is 19.8. The summed E-state index contributed by atoms with van der Waals surface area (Å²) in [6.45, 7) is 0.371. The molecule has 4 aromatic carbocycles. The normalized spacial score (nSPS) is 11.2. The number of methoxy groups -OCH3 is 1. The molecule has 5 rings (SSSR count). The standard InChI is InChI=1S/C29H21Br2N3O3/c1-36-27-15-19(11-14-26(27)37-18-21-12-13-22(30)16-24(21)31)17-32-34-28(20-7-3-2-4-8-20)33-25-10-6-5-9-23(25)29(34)35/h2-17H,18H2,1H3. The van der Waals surface area contributed by atoms with Gasteiger partial charge < -0.3 is 9.47 Å². The molecule has 37 heavy (non-hydrogen) atoms. The van der Waals surface area contributed by atoms with Crippen LogP contribution in [-0.2, 0) is 6.61 Å². The number of nitrogens with zero attached hydrogens (tertiary/aromatic N) is 3. The van der Waals surface area contributed by atoms with Gasteiger partial charge in [0.1, 0.15) is 6.61 Å². The molecule has 0 unspecified atom stereocenters. The Labute approximate surface area is 230 Å². The van der Waals surface area contributed by atoms with Crippen LogP contribution >= 0.6 is 31.9 Å². The van der Waals surface area contributed by atoms with Crippen LogP contribution in [0.25, 0.3) is 22.3 Å². The van der Waals surface area contributed by atoms with Crippen molar-refractivity contribution >= 4 is 49.0 Å². The number of ether oxygens (including phenoxy) is 2. The number of hydrogen-bond donors (Lipinski definition) is 0. The SMILES string of the molecule is COc1cc(C=Nn2c(-c3ccccc3)nc3ccccc3c2=O)ccc1OCc1ccc(Br)cc1Br. The second kappa shape index (κ2) is 11.1. The average Bonchev–Trinajstić information content (AvgIpc) is 2.92. The third-order valence-electron chi connectivity index (χ3n) is 5.69. The van der Waals surface area contributed by atoms with Gasteiger partial charge in [-0.1, -0.05) is 80.4 Å². The summed E-state index contributed by atoms with van der Waals surface area (Å²) in [5.41, 5.74) is 2.93. The molecule has 0 fully saturated rings. The molecule has 0 bridgehead atoms. The van der Waals surface area contributed by atoms with Crippen molar-refractivity contribution < 1.29 is 9.47 Å². The lowest BCUT2D eigenvalue weighted by Gasteiger charge is -2.12. The van der Waals surface area contributed by atoms with Gasteiger partial charge in [0.25, 0.3) is 5.56 Å². The fraction of sp³-hybridized carbons (Fsp3) is 0.0690. The van der Waals surface area contributed by atoms with E-state index < -0.39 is 0 Å². The minimum Gasteiger partial charge on any atom is -0.493 e. The molecule has 184 valence electrons. The Bertz CT molecular complexity index is 1670. The molecule has 0 atom stereocenters. The van der Waals surface area contributed by atoms with E-state index >= 15 is 0 Å². The van der Waals surface area contributed by atoms with Crippen LogP contribution in [-0.4, -0.2) is 23.0 Å². The Morgan fingerprint density at radius 1 is 0.919 bits per heavy atom. The first-order valence-electron chi connectivity index (χ1n) is 11.4. The van der Waals surface area contributed by atoms with Gasteiger partial charge in [0.05, 0.1) is 24.2 Å². The molecule has 1 heterocycles. The maximum absolute atomic E-state index is 13.3. The van der Waals surface area contributed by atoms with Crippen molar-refractivity contribution in [3.05, 3.63) is 121 Å². The van der Waals surface area contributed by atoms with Crippen LogP contribution in [0.15, 0.2) is 110 Å². The summed E-state index contributed by atoms with van der Waals surface area (Å²) in [4.78, 5) is 18.1. The van der Waals surface area contributed by atoms with E-state index in [0.29, 0.717) is 34.8 Å². The largest absolute Gasteiger partial charge is 0.493 e. The van der Waals surface area contributed by atoms with Crippen molar-refractivity contribution in [2.75, 3.05) is 7.11 Å². The maximum atomic E-state index is 13.3. The van der Waals surface area contributed by atoms with Crippen molar-refractivity contribution in [3.8, 4) is 22.9 Å². The van der Waals surface area contributed by atoms with Crippen LogP contribution in [0.2, 0.25) is 0 Å². The monoisotopic (exact) mass is 617 g/mol. The quantitative estimate of drug-likeness (QED) is 0.183. The van der Waals surface area contributed by atoms with Crippen molar-refractivity contribution in [2.45, 2.75) is 6.61 Å². The van der Waals surface area contributed by atoms with Crippen LogP contribution < -0.4 is 15.0 Å². The zero-order chi connectivity index (χ0) is 25.8. The van der Waals surface area contributed by atoms with Gasteiger partial charge in [-0.2, -0.15) is 9.78 Å². The van der Waals surface area contributed by atoms with E-state index in [0.717, 1.165) is 25.6 Å². The van der Waals surface area contributed by atoms with Crippen LogP contribution in [0, 0.1) is 0 Å². The van der Waals surface area contributed by atoms with Gasteiger partial charge in [-0.25, -0.2) is 4.98 Å². The molecule has 0 N–H and O–H groups in total. The molecule has 0 radical (unpaired) electrons. The summed E-state index contributed by atoms with van der Waals surface area (Å²) >= 11 is 7.02. The molecule has 1 aromatic heterocycles. The highest BCUT2D eigenvalue weighted by molar-refractivity contribution is 9.11. The lowest BCUT2D eigenvalue weighted by atomic mass is 10.2. The summed E-state index contributed by atoms with van der Waals surface area (Å²) in [5, 5.41) is 5.03. The first kappa shape index (κ1) is 24.9. The molecule has 0 aliphatic rings. The number of benzene rings is 4. The summed E-state index contributed by atoms with van der Waals surface area (Å²) in [6, 6.07) is 28.2. The third-order valence-corrected chi connectivity index (χ3v) is 6.93. The third kappa shape index (κ3) is 5.50. The van der Waals surface area contributed by atoms with Crippen molar-refractivity contribution in [2.24, 2.45) is 5.10 Å². The Balaban J connectivity index is 1.47. The molecule has 0 spiro atoms. The molecule has 0 aliphatic heterocycles. The highest BCUT2D eigenvalue weighted by Gasteiger charge is 2.12. The molecule has 8 heteroatoms. The van der Waals surface area contributed by atoms with Crippen LogP contribution in [0.1, 0.15) is 11.1 Å². The molecule has 0 saturated carbocycles. The Hall–Kier alpha value is -3.75. The van der Waals surface area contributed by atoms with Gasteiger partial charge in [-0.05, 0) is 48.0 Å². The predicted molar refractivity (Wildman–Crippen MR) is 154 cm³/mol. The zero-order valence-corrected chi connectivity index (χ0v) is 22.9. The molecular weight excluding hydrogens is 598 g/mol. The van der Waals surface area contributed by atoms with Gasteiger partial charge in [0.15, 0.2) is 17.3 Å². The minimum absolute atomic E-state index is 0.243. The van der Waals surface area contributed by atoms with E-state index in [1.165, 1.54) is 4.68 Å². The van der Waals surface area contributed by atoms with Crippen LogP contribution in [0.3, 0.4) is 0 Å². The van der Waals surface area contributed by atoms with Crippen molar-refractivity contribution in [1.29, 1.82) is 0 Å². The first-order chi connectivity index (χ1) is 18.0. The second-order valence-corrected chi connectivity index (χ2v) is 9.88. The van der Waals surface area contributed by atoms with E-state index in [-0.39, 0.29) is 5.56 Å². The number of aromatic nitrogens is 2. The van der Waals surface area contributed by atoms with Crippen LogP contribution in [0.5, 0.6) is 11.5 Å². The number of hydrogen-bond acceptors (Lipinski definition) is 5. The smallest absolute Gasteiger partial charge is 0.282 e. The summed E-state index contributed by atoms with van der Waals surface area (Å²) in [5.74, 6) is 1.63. The molecule has 0 amide bonds.